The Balaban J connectivity index is 1.49. The van der Waals surface area contributed by atoms with E-state index in [0.717, 1.165) is 26.1 Å². The summed E-state index contributed by atoms with van der Waals surface area (Å²) in [5.74, 6) is 0. The Hall–Kier alpha value is -1.72. The van der Waals surface area contributed by atoms with Gasteiger partial charge in [-0.05, 0) is 24.5 Å². The van der Waals surface area contributed by atoms with E-state index < -0.39 is 0 Å². The Bertz CT molecular complexity index is 606. The quantitative estimate of drug-likeness (QED) is 0.853. The predicted molar refractivity (Wildman–Crippen MR) is 90.0 cm³/mol. The van der Waals surface area contributed by atoms with Gasteiger partial charge < -0.3 is 10.1 Å². The second-order valence-corrected chi connectivity index (χ2v) is 6.84. The number of hydrogen-bond acceptors (Lipinski definition) is 4. The highest BCUT2D eigenvalue weighted by molar-refractivity contribution is 5.23. The summed E-state index contributed by atoms with van der Waals surface area (Å²) >= 11 is 0. The van der Waals surface area contributed by atoms with Crippen molar-refractivity contribution in [2.75, 3.05) is 6.61 Å². The minimum atomic E-state index is 0.211. The van der Waals surface area contributed by atoms with Crippen molar-refractivity contribution in [3.8, 4) is 0 Å². The molecule has 5 heteroatoms. The van der Waals surface area contributed by atoms with Crippen LogP contribution in [0.25, 0.3) is 0 Å². The topological polar surface area (TPSA) is 52.0 Å². The number of aromatic nitrogens is 3. The summed E-state index contributed by atoms with van der Waals surface area (Å²) in [4.78, 5) is 3.96. The fourth-order valence-electron chi connectivity index (χ4n) is 3.22. The minimum absolute atomic E-state index is 0.211. The SMILES string of the molecule is CCO[C@H]1C[C@H](NCc2ccc(Cn3cncn3)cc2)C1(C)C. The summed E-state index contributed by atoms with van der Waals surface area (Å²) < 4.78 is 7.62. The molecule has 3 rings (SSSR count). The van der Waals surface area contributed by atoms with Crippen LogP contribution in [0.1, 0.15) is 38.3 Å². The zero-order valence-electron chi connectivity index (χ0n) is 14.2. The highest BCUT2D eigenvalue weighted by Gasteiger charge is 2.48. The normalized spacial score (nSPS) is 22.7. The molecule has 1 aromatic carbocycles. The molecule has 0 bridgehead atoms. The maximum atomic E-state index is 5.79. The molecule has 124 valence electrons. The van der Waals surface area contributed by atoms with Gasteiger partial charge in [0, 0.05) is 24.6 Å². The summed E-state index contributed by atoms with van der Waals surface area (Å²) in [7, 11) is 0. The maximum absolute atomic E-state index is 5.79. The molecule has 23 heavy (non-hydrogen) atoms. The first-order valence-electron chi connectivity index (χ1n) is 8.35. The highest BCUT2D eigenvalue weighted by Crippen LogP contribution is 2.42. The van der Waals surface area contributed by atoms with Crippen LogP contribution < -0.4 is 5.32 Å². The predicted octanol–water partition coefficient (Wildman–Crippen LogP) is 2.62. The second kappa shape index (κ2) is 6.81. The molecule has 1 fully saturated rings. The van der Waals surface area contributed by atoms with Crippen molar-refractivity contribution in [1.29, 1.82) is 0 Å². The Morgan fingerprint density at radius 2 is 2.00 bits per heavy atom. The van der Waals surface area contributed by atoms with Gasteiger partial charge in [-0.2, -0.15) is 5.10 Å². The number of hydrogen-bond donors (Lipinski definition) is 1. The number of benzene rings is 1. The van der Waals surface area contributed by atoms with Gasteiger partial charge in [0.15, 0.2) is 0 Å². The molecule has 2 aromatic rings. The molecule has 1 aromatic heterocycles. The maximum Gasteiger partial charge on any atom is 0.137 e. The first-order valence-corrected chi connectivity index (χ1v) is 8.35. The average molecular weight is 314 g/mol. The Kier molecular flexibility index (Phi) is 4.78. The van der Waals surface area contributed by atoms with Crippen molar-refractivity contribution in [2.45, 2.75) is 52.4 Å². The standard InChI is InChI=1S/C18H26N4O/c1-4-23-17-9-16(18(17,2)3)20-10-14-5-7-15(8-6-14)11-22-13-19-12-21-22/h5-8,12-13,16-17,20H,4,9-11H2,1-3H3/t16-,17-/m0/s1. The van der Waals surface area contributed by atoms with E-state index >= 15 is 0 Å². The van der Waals surface area contributed by atoms with Crippen LogP contribution in [0.4, 0.5) is 0 Å². The first kappa shape index (κ1) is 16.1. The van der Waals surface area contributed by atoms with Crippen molar-refractivity contribution < 1.29 is 4.74 Å². The van der Waals surface area contributed by atoms with Crippen LogP contribution in [0.3, 0.4) is 0 Å². The summed E-state index contributed by atoms with van der Waals surface area (Å²) in [5.41, 5.74) is 2.76. The van der Waals surface area contributed by atoms with Crippen molar-refractivity contribution in [1.82, 2.24) is 20.1 Å². The molecule has 1 heterocycles. The van der Waals surface area contributed by atoms with Crippen molar-refractivity contribution in [3.05, 3.63) is 48.0 Å². The third-order valence-corrected chi connectivity index (χ3v) is 4.93. The Morgan fingerprint density at radius 3 is 2.61 bits per heavy atom. The van der Waals surface area contributed by atoms with E-state index in [1.54, 1.807) is 12.7 Å². The monoisotopic (exact) mass is 314 g/mol. The van der Waals surface area contributed by atoms with E-state index in [-0.39, 0.29) is 5.41 Å². The largest absolute Gasteiger partial charge is 0.378 e. The van der Waals surface area contributed by atoms with E-state index in [4.69, 9.17) is 4.74 Å². The molecule has 0 amide bonds. The third-order valence-electron chi connectivity index (χ3n) is 4.93. The smallest absolute Gasteiger partial charge is 0.137 e. The van der Waals surface area contributed by atoms with Crippen molar-refractivity contribution in [2.24, 2.45) is 5.41 Å². The second-order valence-electron chi connectivity index (χ2n) is 6.84. The summed E-state index contributed by atoms with van der Waals surface area (Å²) in [6, 6.07) is 9.21. The van der Waals surface area contributed by atoms with E-state index in [9.17, 15) is 0 Å². The van der Waals surface area contributed by atoms with Crippen LogP contribution in [0.5, 0.6) is 0 Å². The van der Waals surface area contributed by atoms with Crippen LogP contribution in [0, 0.1) is 5.41 Å². The molecule has 0 saturated heterocycles. The minimum Gasteiger partial charge on any atom is -0.378 e. The van der Waals surface area contributed by atoms with Gasteiger partial charge in [-0.1, -0.05) is 38.1 Å². The number of nitrogens with zero attached hydrogens (tertiary/aromatic N) is 3. The molecule has 0 spiro atoms. The molecular weight excluding hydrogens is 288 g/mol. The third kappa shape index (κ3) is 3.62. The van der Waals surface area contributed by atoms with Gasteiger partial charge in [0.1, 0.15) is 12.7 Å². The van der Waals surface area contributed by atoms with Crippen LogP contribution in [0.15, 0.2) is 36.9 Å². The molecule has 1 aliphatic carbocycles. The first-order chi connectivity index (χ1) is 11.1. The molecule has 1 N–H and O–H groups in total. The van der Waals surface area contributed by atoms with Crippen LogP contribution in [-0.4, -0.2) is 33.5 Å². The summed E-state index contributed by atoms with van der Waals surface area (Å²) in [6.07, 6.45) is 4.79. The summed E-state index contributed by atoms with van der Waals surface area (Å²) in [6.45, 7) is 9.10. The molecule has 0 radical (unpaired) electrons. The zero-order chi connectivity index (χ0) is 16.3. The molecular formula is C18H26N4O. The molecule has 0 aliphatic heterocycles. The van der Waals surface area contributed by atoms with E-state index in [1.807, 2.05) is 4.68 Å². The lowest BCUT2D eigenvalue weighted by Crippen LogP contribution is -2.60. The summed E-state index contributed by atoms with van der Waals surface area (Å²) in [5, 5.41) is 7.80. The number of ether oxygens (including phenoxy) is 1. The number of nitrogens with one attached hydrogen (secondary N) is 1. The van der Waals surface area contributed by atoms with Gasteiger partial charge >= 0.3 is 0 Å². The van der Waals surface area contributed by atoms with Gasteiger partial charge in [-0.3, -0.25) is 0 Å². The average Bonchev–Trinajstić information content (AvgIpc) is 3.04. The van der Waals surface area contributed by atoms with Crippen LogP contribution in [0.2, 0.25) is 0 Å². The van der Waals surface area contributed by atoms with Crippen molar-refractivity contribution >= 4 is 0 Å². The van der Waals surface area contributed by atoms with Gasteiger partial charge in [0.05, 0.1) is 12.6 Å². The molecule has 0 unspecified atom stereocenters. The molecule has 5 nitrogen and oxygen atoms in total. The highest BCUT2D eigenvalue weighted by atomic mass is 16.5. The van der Waals surface area contributed by atoms with Gasteiger partial charge in [-0.25, -0.2) is 9.67 Å². The molecule has 1 aliphatic rings. The fourth-order valence-corrected chi connectivity index (χ4v) is 3.22. The van der Waals surface area contributed by atoms with E-state index in [2.05, 4.69) is 60.4 Å². The lowest BCUT2D eigenvalue weighted by atomic mass is 9.64. The van der Waals surface area contributed by atoms with E-state index in [1.165, 1.54) is 11.1 Å². The van der Waals surface area contributed by atoms with E-state index in [0.29, 0.717) is 12.1 Å². The molecule has 1 saturated carbocycles. The van der Waals surface area contributed by atoms with Gasteiger partial charge in [0.2, 0.25) is 0 Å². The van der Waals surface area contributed by atoms with Crippen LogP contribution >= 0.6 is 0 Å². The number of rotatable bonds is 7. The lowest BCUT2D eigenvalue weighted by Gasteiger charge is -2.52. The fraction of sp³-hybridized carbons (Fsp3) is 0.556. The lowest BCUT2D eigenvalue weighted by molar-refractivity contribution is -0.114. The zero-order valence-corrected chi connectivity index (χ0v) is 14.2. The molecule has 2 atom stereocenters. The van der Waals surface area contributed by atoms with Gasteiger partial charge in [0.25, 0.3) is 0 Å². The Morgan fingerprint density at radius 1 is 1.26 bits per heavy atom. The Labute approximate surface area is 138 Å². The van der Waals surface area contributed by atoms with Crippen LogP contribution in [-0.2, 0) is 17.8 Å². The van der Waals surface area contributed by atoms with Crippen molar-refractivity contribution in [3.63, 3.8) is 0 Å². The van der Waals surface area contributed by atoms with Gasteiger partial charge in [-0.15, -0.1) is 0 Å².